The van der Waals surface area contributed by atoms with Crippen LogP contribution < -0.4 is 0 Å². The molecule has 1 aromatic heterocycles. The van der Waals surface area contributed by atoms with Gasteiger partial charge in [-0.25, -0.2) is 0 Å². The second-order valence-corrected chi connectivity index (χ2v) is 6.46. The van der Waals surface area contributed by atoms with Gasteiger partial charge in [-0.1, -0.05) is 59.3 Å². The van der Waals surface area contributed by atoms with Gasteiger partial charge in [0.25, 0.3) is 0 Å². The van der Waals surface area contributed by atoms with E-state index in [4.69, 9.17) is 0 Å². The topological polar surface area (TPSA) is 30.7 Å². The molecule has 3 rings (SSSR count). The van der Waals surface area contributed by atoms with E-state index in [-0.39, 0.29) is 0 Å². The highest BCUT2D eigenvalue weighted by Gasteiger charge is 2.15. The molecule has 0 saturated carbocycles. The van der Waals surface area contributed by atoms with Crippen molar-refractivity contribution in [2.45, 2.75) is 5.16 Å². The first-order chi connectivity index (χ1) is 9.90. The molecule has 0 spiro atoms. The van der Waals surface area contributed by atoms with Crippen molar-refractivity contribution in [3.8, 4) is 17.1 Å². The van der Waals surface area contributed by atoms with E-state index in [0.717, 1.165) is 22.2 Å². The maximum absolute atomic E-state index is 4.36. The smallest absolute Gasteiger partial charge is 0.206 e. The van der Waals surface area contributed by atoms with Crippen LogP contribution in [-0.2, 0) is 0 Å². The summed E-state index contributed by atoms with van der Waals surface area (Å²) in [5.74, 6) is 0.869. The number of rotatable bonds is 4. The fourth-order valence-electron chi connectivity index (χ4n) is 1.98. The fourth-order valence-corrected chi connectivity index (χ4v) is 3.24. The highest BCUT2D eigenvalue weighted by atomic mass is 33.1. The lowest BCUT2D eigenvalue weighted by atomic mass is 10.2. The SMILES string of the molecule is CSSc1nnc(-c2ccccc2)n1-c1ccccc1. The van der Waals surface area contributed by atoms with Gasteiger partial charge in [-0.3, -0.25) is 4.57 Å². The molecule has 3 aromatic rings. The standard InChI is InChI=1S/C15H13N3S2/c1-19-20-15-17-16-14(12-8-4-2-5-9-12)18(15)13-10-6-3-7-11-13/h2-11H,1H3. The molecule has 0 amide bonds. The van der Waals surface area contributed by atoms with Gasteiger partial charge in [0, 0.05) is 11.3 Å². The number of hydrogen-bond donors (Lipinski definition) is 0. The Bertz CT molecular complexity index is 681. The Hall–Kier alpha value is -1.72. The predicted molar refractivity (Wildman–Crippen MR) is 86.2 cm³/mol. The van der Waals surface area contributed by atoms with Crippen molar-refractivity contribution < 1.29 is 0 Å². The number of benzene rings is 2. The second kappa shape index (κ2) is 6.15. The van der Waals surface area contributed by atoms with E-state index >= 15 is 0 Å². The Labute approximate surface area is 125 Å². The summed E-state index contributed by atoms with van der Waals surface area (Å²) in [4.78, 5) is 0. The monoisotopic (exact) mass is 299 g/mol. The number of hydrogen-bond acceptors (Lipinski definition) is 4. The van der Waals surface area contributed by atoms with E-state index in [9.17, 15) is 0 Å². The normalized spacial score (nSPS) is 10.7. The zero-order chi connectivity index (χ0) is 13.8. The van der Waals surface area contributed by atoms with Gasteiger partial charge in [0.05, 0.1) is 0 Å². The van der Waals surface area contributed by atoms with Crippen molar-refractivity contribution in [1.82, 2.24) is 14.8 Å². The molecule has 0 radical (unpaired) electrons. The molecule has 0 N–H and O–H groups in total. The minimum absolute atomic E-state index is 0.869. The zero-order valence-corrected chi connectivity index (χ0v) is 12.6. The van der Waals surface area contributed by atoms with E-state index in [2.05, 4.69) is 39.0 Å². The van der Waals surface area contributed by atoms with Gasteiger partial charge in [-0.05, 0) is 29.2 Å². The first-order valence-electron chi connectivity index (χ1n) is 6.17. The Morgan fingerprint density at radius 3 is 2.15 bits per heavy atom. The van der Waals surface area contributed by atoms with Crippen LogP contribution >= 0.6 is 21.6 Å². The summed E-state index contributed by atoms with van der Waals surface area (Å²) < 4.78 is 2.09. The minimum Gasteiger partial charge on any atom is -0.269 e. The van der Waals surface area contributed by atoms with Gasteiger partial charge < -0.3 is 0 Å². The molecule has 0 fully saturated rings. The molecule has 20 heavy (non-hydrogen) atoms. The summed E-state index contributed by atoms with van der Waals surface area (Å²) in [6.07, 6.45) is 2.04. The van der Waals surface area contributed by atoms with Crippen LogP contribution in [0.3, 0.4) is 0 Å². The van der Waals surface area contributed by atoms with Crippen molar-refractivity contribution in [2.24, 2.45) is 0 Å². The first-order valence-corrected chi connectivity index (χ1v) is 8.73. The van der Waals surface area contributed by atoms with Gasteiger partial charge in [0.15, 0.2) is 5.82 Å². The molecule has 100 valence electrons. The summed E-state index contributed by atoms with van der Waals surface area (Å²) in [6, 6.07) is 20.3. The molecule has 1 heterocycles. The van der Waals surface area contributed by atoms with Gasteiger partial charge in [-0.15, -0.1) is 10.2 Å². The summed E-state index contributed by atoms with van der Waals surface area (Å²) in [6.45, 7) is 0. The van der Waals surface area contributed by atoms with Crippen LogP contribution in [0.2, 0.25) is 0 Å². The lowest BCUT2D eigenvalue weighted by Gasteiger charge is -2.09. The Balaban J connectivity index is 2.17. The van der Waals surface area contributed by atoms with Crippen LogP contribution in [0.5, 0.6) is 0 Å². The second-order valence-electron chi connectivity index (χ2n) is 4.09. The average Bonchev–Trinajstić information content (AvgIpc) is 2.93. The van der Waals surface area contributed by atoms with Crippen molar-refractivity contribution in [1.29, 1.82) is 0 Å². The average molecular weight is 299 g/mol. The molecular weight excluding hydrogens is 286 g/mol. The summed E-state index contributed by atoms with van der Waals surface area (Å²) in [5, 5.41) is 9.57. The van der Waals surface area contributed by atoms with Crippen molar-refractivity contribution in [3.05, 3.63) is 60.7 Å². The highest BCUT2D eigenvalue weighted by Crippen LogP contribution is 2.32. The van der Waals surface area contributed by atoms with Crippen molar-refractivity contribution in [3.63, 3.8) is 0 Å². The summed E-state index contributed by atoms with van der Waals surface area (Å²) in [7, 11) is 3.28. The number of aromatic nitrogens is 3. The van der Waals surface area contributed by atoms with E-state index in [1.54, 1.807) is 21.6 Å². The summed E-state index contributed by atoms with van der Waals surface area (Å²) in [5.41, 5.74) is 2.14. The number of nitrogens with zero attached hydrogens (tertiary/aromatic N) is 3. The lowest BCUT2D eigenvalue weighted by Crippen LogP contribution is -1.98. The molecule has 0 bridgehead atoms. The highest BCUT2D eigenvalue weighted by molar-refractivity contribution is 8.76. The molecule has 0 atom stereocenters. The van der Waals surface area contributed by atoms with Crippen molar-refractivity contribution >= 4 is 21.6 Å². The molecule has 0 unspecified atom stereocenters. The zero-order valence-electron chi connectivity index (χ0n) is 10.9. The molecule has 0 saturated heterocycles. The maximum atomic E-state index is 4.36. The quantitative estimate of drug-likeness (QED) is 0.672. The van der Waals surface area contributed by atoms with E-state index in [0.29, 0.717) is 0 Å². The minimum atomic E-state index is 0.869. The predicted octanol–water partition coefficient (Wildman–Crippen LogP) is 4.30. The van der Waals surface area contributed by atoms with Crippen molar-refractivity contribution in [2.75, 3.05) is 6.26 Å². The lowest BCUT2D eigenvalue weighted by molar-refractivity contribution is 0.891. The third-order valence-electron chi connectivity index (χ3n) is 2.84. The Morgan fingerprint density at radius 2 is 1.50 bits per heavy atom. The van der Waals surface area contributed by atoms with E-state index in [1.165, 1.54) is 0 Å². The van der Waals surface area contributed by atoms with Crippen LogP contribution in [0, 0.1) is 0 Å². The Kier molecular flexibility index (Phi) is 4.08. The van der Waals surface area contributed by atoms with Crippen LogP contribution in [0.15, 0.2) is 65.8 Å². The van der Waals surface area contributed by atoms with E-state index in [1.807, 2.05) is 42.7 Å². The van der Waals surface area contributed by atoms with Crippen LogP contribution in [0.1, 0.15) is 0 Å². The van der Waals surface area contributed by atoms with E-state index < -0.39 is 0 Å². The third kappa shape index (κ3) is 2.59. The van der Waals surface area contributed by atoms with Gasteiger partial charge in [-0.2, -0.15) is 0 Å². The molecule has 3 nitrogen and oxygen atoms in total. The molecule has 0 aliphatic carbocycles. The van der Waals surface area contributed by atoms with Gasteiger partial charge >= 0.3 is 0 Å². The summed E-state index contributed by atoms with van der Waals surface area (Å²) >= 11 is 0. The molecule has 2 aromatic carbocycles. The van der Waals surface area contributed by atoms with Gasteiger partial charge in [0.2, 0.25) is 5.16 Å². The maximum Gasteiger partial charge on any atom is 0.206 e. The van der Waals surface area contributed by atoms with Crippen LogP contribution in [-0.4, -0.2) is 21.0 Å². The van der Waals surface area contributed by atoms with Gasteiger partial charge in [0.1, 0.15) is 0 Å². The molecule has 0 aliphatic rings. The first kappa shape index (κ1) is 13.3. The largest absolute Gasteiger partial charge is 0.269 e. The molecule has 5 heteroatoms. The fraction of sp³-hybridized carbons (Fsp3) is 0.0667. The Morgan fingerprint density at radius 1 is 0.850 bits per heavy atom. The third-order valence-corrected chi connectivity index (χ3v) is 4.36. The molecular formula is C15H13N3S2. The number of para-hydroxylation sites is 1. The van der Waals surface area contributed by atoms with Crippen LogP contribution in [0.25, 0.3) is 17.1 Å². The molecule has 0 aliphatic heterocycles. The van der Waals surface area contributed by atoms with Crippen LogP contribution in [0.4, 0.5) is 0 Å².